The van der Waals surface area contributed by atoms with Crippen LogP contribution >= 0.6 is 0 Å². The summed E-state index contributed by atoms with van der Waals surface area (Å²) < 4.78 is 5.48. The van der Waals surface area contributed by atoms with E-state index < -0.39 is 0 Å². The third-order valence-corrected chi connectivity index (χ3v) is 5.48. The van der Waals surface area contributed by atoms with Crippen molar-refractivity contribution in [2.75, 3.05) is 63.3 Å². The largest absolute Gasteiger partial charge is 0.379 e. The van der Waals surface area contributed by atoms with Gasteiger partial charge >= 0.3 is 0 Å². The number of hydrogen-bond acceptors (Lipinski definition) is 6. The summed E-state index contributed by atoms with van der Waals surface area (Å²) in [5.74, 6) is 2.66. The number of rotatable bonds is 4. The summed E-state index contributed by atoms with van der Waals surface area (Å²) in [6.45, 7) is 10.5. The first-order valence-corrected chi connectivity index (χ1v) is 9.14. The van der Waals surface area contributed by atoms with Crippen molar-refractivity contribution in [2.45, 2.75) is 32.7 Å². The van der Waals surface area contributed by atoms with Crippen LogP contribution < -0.4 is 9.80 Å². The van der Waals surface area contributed by atoms with Gasteiger partial charge in [0.25, 0.3) is 0 Å². The highest BCUT2D eigenvalue weighted by atomic mass is 16.5. The highest BCUT2D eigenvalue weighted by Gasteiger charge is 2.29. The molecule has 0 radical (unpaired) electrons. The minimum atomic E-state index is 0.646. The third-order valence-electron chi connectivity index (χ3n) is 5.48. The maximum absolute atomic E-state index is 5.48. The van der Waals surface area contributed by atoms with Gasteiger partial charge in [-0.05, 0) is 32.6 Å². The van der Waals surface area contributed by atoms with Crippen LogP contribution in [0.15, 0.2) is 6.20 Å². The van der Waals surface area contributed by atoms with E-state index >= 15 is 0 Å². The van der Waals surface area contributed by atoms with Crippen LogP contribution in [0.2, 0.25) is 0 Å². The summed E-state index contributed by atoms with van der Waals surface area (Å²) in [7, 11) is 4.07. The van der Waals surface area contributed by atoms with Gasteiger partial charge in [-0.15, -0.1) is 0 Å². The maximum Gasteiger partial charge on any atom is 0.227 e. The normalized spacial score (nSPS) is 21.8. The zero-order chi connectivity index (χ0) is 17.1. The van der Waals surface area contributed by atoms with Crippen LogP contribution in [-0.2, 0) is 4.74 Å². The molecule has 2 aliphatic heterocycles. The lowest BCUT2D eigenvalue weighted by molar-refractivity contribution is 0.00446. The van der Waals surface area contributed by atoms with Crippen molar-refractivity contribution >= 4 is 11.8 Å². The van der Waals surface area contributed by atoms with Crippen molar-refractivity contribution in [1.29, 1.82) is 0 Å². The molecule has 1 atom stereocenters. The molecule has 134 valence electrons. The van der Waals surface area contributed by atoms with Crippen molar-refractivity contribution < 1.29 is 4.74 Å². The fourth-order valence-corrected chi connectivity index (χ4v) is 3.89. The molecular weight excluding hydrogens is 302 g/mol. The van der Waals surface area contributed by atoms with Crippen LogP contribution in [0.25, 0.3) is 0 Å². The summed E-state index contributed by atoms with van der Waals surface area (Å²) in [4.78, 5) is 16.3. The summed E-state index contributed by atoms with van der Waals surface area (Å²) in [6, 6.07) is 0.646. The summed E-state index contributed by atoms with van der Waals surface area (Å²) in [6.07, 6.45) is 4.38. The number of anilines is 2. The van der Waals surface area contributed by atoms with Crippen LogP contribution in [0, 0.1) is 12.8 Å². The van der Waals surface area contributed by atoms with E-state index in [-0.39, 0.29) is 0 Å². The van der Waals surface area contributed by atoms with Gasteiger partial charge in [0, 0.05) is 58.1 Å². The van der Waals surface area contributed by atoms with Crippen molar-refractivity contribution in [3.05, 3.63) is 11.8 Å². The molecule has 0 aromatic carbocycles. The first-order chi connectivity index (χ1) is 11.6. The average molecular weight is 333 g/mol. The predicted octanol–water partition coefficient (Wildman–Crippen LogP) is 1.79. The highest BCUT2D eigenvalue weighted by Crippen LogP contribution is 2.27. The molecule has 6 heteroatoms. The molecule has 0 aliphatic carbocycles. The lowest BCUT2D eigenvalue weighted by Gasteiger charge is -2.41. The Kier molecular flexibility index (Phi) is 5.56. The molecule has 0 N–H and O–H groups in total. The van der Waals surface area contributed by atoms with Crippen LogP contribution in [0.5, 0.6) is 0 Å². The molecule has 0 saturated carbocycles. The number of aromatic nitrogens is 2. The quantitative estimate of drug-likeness (QED) is 0.837. The molecule has 0 unspecified atom stereocenters. The summed E-state index contributed by atoms with van der Waals surface area (Å²) in [5.41, 5.74) is 1.12. The van der Waals surface area contributed by atoms with E-state index in [0.29, 0.717) is 6.04 Å². The van der Waals surface area contributed by atoms with Crippen LogP contribution in [0.3, 0.4) is 0 Å². The van der Waals surface area contributed by atoms with E-state index in [0.717, 1.165) is 62.6 Å². The van der Waals surface area contributed by atoms with E-state index in [1.165, 1.54) is 12.8 Å². The van der Waals surface area contributed by atoms with Crippen LogP contribution in [-0.4, -0.2) is 74.4 Å². The van der Waals surface area contributed by atoms with Crippen molar-refractivity contribution in [3.8, 4) is 0 Å². The Labute approximate surface area is 145 Å². The molecule has 3 rings (SSSR count). The van der Waals surface area contributed by atoms with Gasteiger partial charge in [-0.3, -0.25) is 4.90 Å². The minimum Gasteiger partial charge on any atom is -0.379 e. The van der Waals surface area contributed by atoms with E-state index in [1.807, 2.05) is 20.3 Å². The molecular formula is C18H31N5O. The van der Waals surface area contributed by atoms with Crippen molar-refractivity contribution in [3.63, 3.8) is 0 Å². The highest BCUT2D eigenvalue weighted by molar-refractivity contribution is 5.48. The van der Waals surface area contributed by atoms with Gasteiger partial charge in [-0.2, -0.15) is 4.98 Å². The molecule has 24 heavy (non-hydrogen) atoms. The van der Waals surface area contributed by atoms with Gasteiger partial charge in [0.2, 0.25) is 5.95 Å². The summed E-state index contributed by atoms with van der Waals surface area (Å²) in [5, 5.41) is 0. The van der Waals surface area contributed by atoms with Gasteiger partial charge < -0.3 is 14.5 Å². The van der Waals surface area contributed by atoms with E-state index in [9.17, 15) is 0 Å². The molecule has 0 amide bonds. The Bertz CT molecular complexity index is 536. The first kappa shape index (κ1) is 17.4. The fraction of sp³-hybridized carbons (Fsp3) is 0.778. The van der Waals surface area contributed by atoms with E-state index in [2.05, 4.69) is 33.5 Å². The molecule has 2 fully saturated rings. The predicted molar refractivity (Wildman–Crippen MR) is 97.9 cm³/mol. The zero-order valence-electron chi connectivity index (χ0n) is 15.5. The Morgan fingerprint density at radius 1 is 1.17 bits per heavy atom. The number of ether oxygens (including phenoxy) is 1. The molecule has 0 bridgehead atoms. The van der Waals surface area contributed by atoms with E-state index in [1.54, 1.807) is 0 Å². The van der Waals surface area contributed by atoms with Crippen LogP contribution in [0.4, 0.5) is 11.8 Å². The smallest absolute Gasteiger partial charge is 0.227 e. The SMILES string of the molecule is Cc1cnc(N2CCC([C@H](C)N3CCOCC3)CC2)nc1N(C)C. The van der Waals surface area contributed by atoms with Gasteiger partial charge in [-0.1, -0.05) is 0 Å². The van der Waals surface area contributed by atoms with Gasteiger partial charge in [0.1, 0.15) is 5.82 Å². The molecule has 6 nitrogen and oxygen atoms in total. The van der Waals surface area contributed by atoms with Gasteiger partial charge in [0.05, 0.1) is 13.2 Å². The van der Waals surface area contributed by atoms with E-state index in [4.69, 9.17) is 9.72 Å². The number of morpholine rings is 1. The molecule has 0 spiro atoms. The standard InChI is InChI=1S/C18H31N5O/c1-14-13-19-18(20-17(14)21(3)4)23-7-5-16(6-8-23)15(2)22-9-11-24-12-10-22/h13,15-16H,5-12H2,1-4H3/t15-/m0/s1. The minimum absolute atomic E-state index is 0.646. The average Bonchev–Trinajstić information content (AvgIpc) is 2.62. The Morgan fingerprint density at radius 3 is 2.46 bits per heavy atom. The second kappa shape index (κ2) is 7.66. The number of aryl methyl sites for hydroxylation is 1. The van der Waals surface area contributed by atoms with Gasteiger partial charge in [-0.25, -0.2) is 4.98 Å². The zero-order valence-corrected chi connectivity index (χ0v) is 15.5. The first-order valence-electron chi connectivity index (χ1n) is 9.14. The molecule has 2 saturated heterocycles. The monoisotopic (exact) mass is 333 g/mol. The third kappa shape index (κ3) is 3.81. The Hall–Kier alpha value is -1.40. The second-order valence-corrected chi connectivity index (χ2v) is 7.28. The lowest BCUT2D eigenvalue weighted by Crippen LogP contribution is -2.48. The molecule has 1 aromatic rings. The van der Waals surface area contributed by atoms with Crippen molar-refractivity contribution in [1.82, 2.24) is 14.9 Å². The number of nitrogens with zero attached hydrogens (tertiary/aromatic N) is 5. The Morgan fingerprint density at radius 2 is 1.83 bits per heavy atom. The Balaban J connectivity index is 1.59. The number of piperidine rings is 1. The molecule has 1 aromatic heterocycles. The topological polar surface area (TPSA) is 44.7 Å². The molecule has 2 aliphatic rings. The fourth-order valence-electron chi connectivity index (χ4n) is 3.89. The number of hydrogen-bond donors (Lipinski definition) is 0. The van der Waals surface area contributed by atoms with Crippen LogP contribution in [0.1, 0.15) is 25.3 Å². The van der Waals surface area contributed by atoms with Crippen molar-refractivity contribution in [2.24, 2.45) is 5.92 Å². The van der Waals surface area contributed by atoms with Gasteiger partial charge in [0.15, 0.2) is 0 Å². The molecule has 3 heterocycles. The maximum atomic E-state index is 5.48. The lowest BCUT2D eigenvalue weighted by atomic mass is 9.89. The summed E-state index contributed by atoms with van der Waals surface area (Å²) >= 11 is 0. The second-order valence-electron chi connectivity index (χ2n) is 7.28.